The van der Waals surface area contributed by atoms with Gasteiger partial charge in [-0.1, -0.05) is 142 Å². The summed E-state index contributed by atoms with van der Waals surface area (Å²) >= 11 is 0. The first-order valence-corrected chi connectivity index (χ1v) is 20.8. The maximum atomic E-state index is 6.48. The number of rotatable bonds is 38. The zero-order valence-corrected chi connectivity index (χ0v) is 33.8. The second-order valence-electron chi connectivity index (χ2n) is 13.1. The minimum Gasteiger partial charge on any atom is -0.495 e. The Kier molecular flexibility index (Phi) is 35.3. The molecule has 0 amide bonds. The summed E-state index contributed by atoms with van der Waals surface area (Å²) in [5.74, 6) is 2.71. The number of unbranched alkanes of at least 4 members (excludes halogenated alkanes) is 20. The molecule has 0 fully saturated rings. The number of ether oxygens (including phenoxy) is 7. The lowest BCUT2D eigenvalue weighted by atomic mass is 10.0. The average Bonchev–Trinajstić information content (AvgIpc) is 3.11. The minimum atomic E-state index is -0.820. The molecule has 0 aliphatic carbocycles. The maximum absolute atomic E-state index is 6.48. The third-order valence-corrected chi connectivity index (χ3v) is 8.90. The Morgan fingerprint density at radius 1 is 0.347 bits per heavy atom. The summed E-state index contributed by atoms with van der Waals surface area (Å²) in [4.78, 5) is 0. The lowest BCUT2D eigenvalue weighted by Crippen LogP contribution is -2.32. The molecular formula is C42H82O7. The van der Waals surface area contributed by atoms with Crippen molar-refractivity contribution >= 4 is 0 Å². The van der Waals surface area contributed by atoms with Crippen LogP contribution in [0.1, 0.15) is 196 Å². The van der Waals surface area contributed by atoms with Crippen LogP contribution in [0, 0.1) is 0 Å². The summed E-state index contributed by atoms with van der Waals surface area (Å²) in [6.07, 6.45) is 28.5. The third kappa shape index (κ3) is 25.2. The van der Waals surface area contributed by atoms with Crippen LogP contribution in [0.4, 0.5) is 0 Å². The molecule has 0 aromatic heterocycles. The molecule has 0 aliphatic rings. The van der Waals surface area contributed by atoms with Crippen molar-refractivity contribution in [2.75, 3.05) is 40.6 Å². The lowest BCUT2D eigenvalue weighted by Gasteiger charge is -2.28. The van der Waals surface area contributed by atoms with Crippen molar-refractivity contribution in [2.24, 2.45) is 0 Å². The molecule has 0 radical (unpaired) electrons. The van der Waals surface area contributed by atoms with Gasteiger partial charge in [-0.2, -0.15) is 0 Å². The SMILES string of the molecule is CCCCCCCCCCCCCC(OCC)=C(OCC)C(OC)OC(OC)C(OCC)=C(CCCCCCCCCCCCC)OCC. The highest BCUT2D eigenvalue weighted by atomic mass is 16.8. The van der Waals surface area contributed by atoms with E-state index in [1.54, 1.807) is 14.2 Å². The highest BCUT2D eigenvalue weighted by Crippen LogP contribution is 2.28. The Morgan fingerprint density at radius 2 is 0.612 bits per heavy atom. The summed E-state index contributed by atoms with van der Waals surface area (Å²) < 4.78 is 42.9. The predicted molar refractivity (Wildman–Crippen MR) is 205 cm³/mol. The van der Waals surface area contributed by atoms with Gasteiger partial charge >= 0.3 is 0 Å². The molecule has 0 spiro atoms. The highest BCUT2D eigenvalue weighted by Gasteiger charge is 2.30. The van der Waals surface area contributed by atoms with Crippen molar-refractivity contribution < 1.29 is 33.2 Å². The van der Waals surface area contributed by atoms with Gasteiger partial charge in [-0.3, -0.25) is 0 Å². The molecule has 0 rings (SSSR count). The summed E-state index contributed by atoms with van der Waals surface area (Å²) in [6.45, 7) is 14.5. The maximum Gasteiger partial charge on any atom is 0.222 e. The third-order valence-electron chi connectivity index (χ3n) is 8.90. The predicted octanol–water partition coefficient (Wildman–Crippen LogP) is 12.9. The summed E-state index contributed by atoms with van der Waals surface area (Å²) in [5.41, 5.74) is 0. The van der Waals surface area contributed by atoms with Crippen molar-refractivity contribution in [2.45, 2.75) is 208 Å². The van der Waals surface area contributed by atoms with Crippen LogP contribution in [0.15, 0.2) is 23.0 Å². The van der Waals surface area contributed by atoms with E-state index < -0.39 is 12.6 Å². The van der Waals surface area contributed by atoms with Crippen LogP contribution in [0.5, 0.6) is 0 Å². The molecule has 0 aromatic rings. The Balaban J connectivity index is 5.37. The summed E-state index contributed by atoms with van der Waals surface area (Å²) in [7, 11) is 3.25. The molecule has 2 unspecified atom stereocenters. The van der Waals surface area contributed by atoms with Gasteiger partial charge in [0.1, 0.15) is 11.5 Å². The van der Waals surface area contributed by atoms with Gasteiger partial charge in [0.25, 0.3) is 0 Å². The molecule has 0 saturated heterocycles. The van der Waals surface area contributed by atoms with Crippen LogP contribution in [-0.2, 0) is 33.2 Å². The molecule has 0 aromatic carbocycles. The van der Waals surface area contributed by atoms with Crippen molar-refractivity contribution in [3.05, 3.63) is 23.0 Å². The first-order valence-electron chi connectivity index (χ1n) is 20.8. The lowest BCUT2D eigenvalue weighted by molar-refractivity contribution is -0.226. The van der Waals surface area contributed by atoms with E-state index >= 15 is 0 Å². The second kappa shape index (κ2) is 36.4. The van der Waals surface area contributed by atoms with Crippen molar-refractivity contribution in [3.8, 4) is 0 Å². The zero-order chi connectivity index (χ0) is 36.2. The molecule has 292 valence electrons. The molecule has 7 heteroatoms. The van der Waals surface area contributed by atoms with Crippen LogP contribution in [0.2, 0.25) is 0 Å². The fraction of sp³-hybridized carbons (Fsp3) is 0.905. The van der Waals surface area contributed by atoms with E-state index in [1.165, 1.54) is 128 Å². The minimum absolute atomic E-state index is 0.474. The number of hydrogen-bond donors (Lipinski definition) is 0. The monoisotopic (exact) mass is 699 g/mol. The molecule has 0 aliphatic heterocycles. The number of methoxy groups -OCH3 is 2. The van der Waals surface area contributed by atoms with Crippen molar-refractivity contribution in [3.63, 3.8) is 0 Å². The highest BCUT2D eigenvalue weighted by molar-refractivity contribution is 5.09. The van der Waals surface area contributed by atoms with Crippen molar-refractivity contribution in [1.82, 2.24) is 0 Å². The molecule has 0 heterocycles. The second-order valence-corrected chi connectivity index (χ2v) is 13.1. The van der Waals surface area contributed by atoms with Gasteiger partial charge in [-0.05, 0) is 40.5 Å². The standard InChI is InChI=1S/C42H82O7/c1-9-15-17-19-21-23-25-27-29-31-33-35-37(45-11-3)39(47-13-5)41(43-7)49-42(44-8)40(48-14-6)38(46-12-4)36-34-32-30-28-26-24-22-20-18-16-10-2/h41-42H,9-36H2,1-8H3. The van der Waals surface area contributed by atoms with Crippen LogP contribution in [-0.4, -0.2) is 53.2 Å². The van der Waals surface area contributed by atoms with Crippen LogP contribution < -0.4 is 0 Å². The molecule has 0 bridgehead atoms. The molecule has 49 heavy (non-hydrogen) atoms. The molecule has 2 atom stereocenters. The van der Waals surface area contributed by atoms with Gasteiger partial charge < -0.3 is 33.2 Å². The van der Waals surface area contributed by atoms with Crippen molar-refractivity contribution in [1.29, 1.82) is 0 Å². The Morgan fingerprint density at radius 3 is 0.857 bits per heavy atom. The van der Waals surface area contributed by atoms with E-state index in [9.17, 15) is 0 Å². The van der Waals surface area contributed by atoms with Gasteiger partial charge in [0, 0.05) is 27.1 Å². The largest absolute Gasteiger partial charge is 0.495 e. The van der Waals surface area contributed by atoms with E-state index in [-0.39, 0.29) is 0 Å². The first kappa shape index (κ1) is 47.6. The quantitative estimate of drug-likeness (QED) is 0.0361. The topological polar surface area (TPSA) is 64.6 Å². The van der Waals surface area contributed by atoms with E-state index in [1.807, 2.05) is 27.7 Å². The van der Waals surface area contributed by atoms with Gasteiger partial charge in [0.15, 0.2) is 11.5 Å². The van der Waals surface area contributed by atoms with Gasteiger partial charge in [-0.15, -0.1) is 0 Å². The normalized spacial score (nSPS) is 13.9. The Labute approximate surface area is 304 Å². The van der Waals surface area contributed by atoms with E-state index in [0.717, 1.165) is 37.2 Å². The summed E-state index contributed by atoms with van der Waals surface area (Å²) in [5, 5.41) is 0. The Bertz CT molecular complexity index is 704. The van der Waals surface area contributed by atoms with Gasteiger partial charge in [0.05, 0.1) is 26.4 Å². The molecular weight excluding hydrogens is 616 g/mol. The van der Waals surface area contributed by atoms with E-state index in [4.69, 9.17) is 33.2 Å². The van der Waals surface area contributed by atoms with Crippen LogP contribution >= 0.6 is 0 Å². The number of allylic oxidation sites excluding steroid dienone is 2. The van der Waals surface area contributed by atoms with E-state index in [0.29, 0.717) is 37.9 Å². The molecule has 0 N–H and O–H groups in total. The number of hydrogen-bond acceptors (Lipinski definition) is 7. The van der Waals surface area contributed by atoms with Crippen LogP contribution in [0.3, 0.4) is 0 Å². The average molecular weight is 699 g/mol. The summed E-state index contributed by atoms with van der Waals surface area (Å²) in [6, 6.07) is 0. The Hall–Kier alpha value is -1.44. The molecule has 0 saturated carbocycles. The van der Waals surface area contributed by atoms with Gasteiger partial charge in [0.2, 0.25) is 12.6 Å². The van der Waals surface area contributed by atoms with Crippen LogP contribution in [0.25, 0.3) is 0 Å². The zero-order valence-electron chi connectivity index (χ0n) is 33.8. The van der Waals surface area contributed by atoms with E-state index in [2.05, 4.69) is 13.8 Å². The smallest absolute Gasteiger partial charge is 0.222 e. The molecule has 7 nitrogen and oxygen atoms in total. The fourth-order valence-electron chi connectivity index (χ4n) is 6.21. The fourth-order valence-corrected chi connectivity index (χ4v) is 6.21. The van der Waals surface area contributed by atoms with Gasteiger partial charge in [-0.25, -0.2) is 0 Å². The first-order chi connectivity index (χ1) is 24.1.